The molecule has 3 aromatic rings. The van der Waals surface area contributed by atoms with Crippen molar-refractivity contribution in [3.05, 3.63) is 77.7 Å². The molecule has 0 unspecified atom stereocenters. The number of hydrogen-bond donors (Lipinski definition) is 3. The Labute approximate surface area is 192 Å². The van der Waals surface area contributed by atoms with Crippen LogP contribution in [-0.2, 0) is 4.74 Å². The number of hydroxylamine groups is 1. The van der Waals surface area contributed by atoms with Crippen molar-refractivity contribution in [1.29, 1.82) is 0 Å². The number of carbonyl (C=O) groups is 1. The maximum Gasteiger partial charge on any atom is 0.278 e. The lowest BCUT2D eigenvalue weighted by Gasteiger charge is -2.26. The molecule has 0 saturated carbocycles. The SMILES string of the molecule is O=C(NO)c1cc(-c2ccc(C#Cc3cccnc3)cc2)cnc1NCCN1CCOCC1. The van der Waals surface area contributed by atoms with Crippen LogP contribution in [0.15, 0.2) is 61.1 Å². The molecule has 8 nitrogen and oxygen atoms in total. The van der Waals surface area contributed by atoms with E-state index < -0.39 is 5.91 Å². The van der Waals surface area contributed by atoms with Gasteiger partial charge in [0.2, 0.25) is 0 Å². The fourth-order valence-corrected chi connectivity index (χ4v) is 3.48. The standard InChI is InChI=1S/C25H25N5O3/c31-25(29-32)23-16-22(18-28-24(23)27-10-11-30-12-14-33-15-13-30)21-7-5-19(6-8-21)3-4-20-2-1-9-26-17-20/h1-2,5-9,16-18,32H,10-15H2,(H,27,28)(H,29,31). The van der Waals surface area contributed by atoms with Gasteiger partial charge in [-0.1, -0.05) is 24.0 Å². The molecule has 0 radical (unpaired) electrons. The smallest absolute Gasteiger partial charge is 0.278 e. The van der Waals surface area contributed by atoms with Crippen LogP contribution in [0.2, 0.25) is 0 Å². The molecule has 3 N–H and O–H groups in total. The van der Waals surface area contributed by atoms with Gasteiger partial charge in [-0.25, -0.2) is 10.5 Å². The van der Waals surface area contributed by atoms with Crippen molar-refractivity contribution in [1.82, 2.24) is 20.3 Å². The number of aromatic nitrogens is 2. The summed E-state index contributed by atoms with van der Waals surface area (Å²) < 4.78 is 5.36. The normalized spacial score (nSPS) is 13.6. The van der Waals surface area contributed by atoms with Gasteiger partial charge in [-0.2, -0.15) is 0 Å². The number of pyridine rings is 2. The second-order valence-electron chi connectivity index (χ2n) is 7.51. The summed E-state index contributed by atoms with van der Waals surface area (Å²) in [6.45, 7) is 4.69. The Morgan fingerprint density at radius 2 is 1.85 bits per heavy atom. The third-order valence-corrected chi connectivity index (χ3v) is 5.29. The lowest BCUT2D eigenvalue weighted by atomic mass is 10.0. The second kappa shape index (κ2) is 11.2. The predicted octanol–water partition coefficient (Wildman–Crippen LogP) is 2.41. The van der Waals surface area contributed by atoms with E-state index in [-0.39, 0.29) is 5.56 Å². The van der Waals surface area contributed by atoms with Crippen LogP contribution in [0.5, 0.6) is 0 Å². The Bertz CT molecular complexity index is 1130. The van der Waals surface area contributed by atoms with Gasteiger partial charge >= 0.3 is 0 Å². The van der Waals surface area contributed by atoms with Crippen LogP contribution < -0.4 is 10.8 Å². The van der Waals surface area contributed by atoms with Crippen molar-refractivity contribution in [2.75, 3.05) is 44.7 Å². The first-order valence-electron chi connectivity index (χ1n) is 10.7. The van der Waals surface area contributed by atoms with Crippen molar-refractivity contribution in [3.8, 4) is 23.0 Å². The van der Waals surface area contributed by atoms with E-state index in [2.05, 4.69) is 32.0 Å². The fourth-order valence-electron chi connectivity index (χ4n) is 3.48. The van der Waals surface area contributed by atoms with E-state index in [1.165, 1.54) is 0 Å². The second-order valence-corrected chi connectivity index (χ2v) is 7.51. The van der Waals surface area contributed by atoms with Crippen molar-refractivity contribution >= 4 is 11.7 Å². The maximum absolute atomic E-state index is 12.3. The highest BCUT2D eigenvalue weighted by Crippen LogP contribution is 2.24. The van der Waals surface area contributed by atoms with Gasteiger partial charge < -0.3 is 10.1 Å². The van der Waals surface area contributed by atoms with Crippen LogP contribution in [-0.4, -0.2) is 65.4 Å². The van der Waals surface area contributed by atoms with Crippen LogP contribution in [0.1, 0.15) is 21.5 Å². The van der Waals surface area contributed by atoms with E-state index in [0.29, 0.717) is 12.4 Å². The number of nitrogens with zero attached hydrogens (tertiary/aromatic N) is 3. The van der Waals surface area contributed by atoms with Crippen LogP contribution in [0.3, 0.4) is 0 Å². The largest absolute Gasteiger partial charge is 0.379 e. The Hall–Kier alpha value is -3.77. The number of anilines is 1. The van der Waals surface area contributed by atoms with Gasteiger partial charge in [-0.05, 0) is 35.9 Å². The van der Waals surface area contributed by atoms with Crippen molar-refractivity contribution in [2.45, 2.75) is 0 Å². The predicted molar refractivity (Wildman–Crippen MR) is 125 cm³/mol. The minimum Gasteiger partial charge on any atom is -0.379 e. The molecule has 0 atom stereocenters. The van der Waals surface area contributed by atoms with Crippen molar-refractivity contribution in [2.24, 2.45) is 0 Å². The van der Waals surface area contributed by atoms with Crippen LogP contribution >= 0.6 is 0 Å². The number of morpholine rings is 1. The molecule has 168 valence electrons. The number of carbonyl (C=O) groups excluding carboxylic acids is 1. The molecular formula is C25H25N5O3. The van der Waals surface area contributed by atoms with Crippen LogP contribution in [0, 0.1) is 11.8 Å². The molecular weight excluding hydrogens is 418 g/mol. The lowest BCUT2D eigenvalue weighted by Crippen LogP contribution is -2.39. The van der Waals surface area contributed by atoms with Gasteiger partial charge in [0.15, 0.2) is 0 Å². The van der Waals surface area contributed by atoms with Gasteiger partial charge in [0.05, 0.1) is 18.8 Å². The van der Waals surface area contributed by atoms with E-state index in [0.717, 1.165) is 55.1 Å². The number of ether oxygens (including phenoxy) is 1. The van der Waals surface area contributed by atoms with E-state index in [1.807, 2.05) is 36.4 Å². The average Bonchev–Trinajstić information content (AvgIpc) is 2.89. The molecule has 33 heavy (non-hydrogen) atoms. The van der Waals surface area contributed by atoms with Gasteiger partial charge in [-0.3, -0.25) is 19.9 Å². The first kappa shape index (κ1) is 22.4. The molecule has 0 bridgehead atoms. The molecule has 0 spiro atoms. The molecule has 3 heterocycles. The molecule has 1 aliphatic rings. The minimum absolute atomic E-state index is 0.275. The summed E-state index contributed by atoms with van der Waals surface area (Å²) in [6, 6.07) is 13.2. The Kier molecular flexibility index (Phi) is 7.61. The van der Waals surface area contributed by atoms with Gasteiger partial charge in [0.25, 0.3) is 5.91 Å². The zero-order valence-corrected chi connectivity index (χ0v) is 18.1. The molecule has 1 amide bonds. The topological polar surface area (TPSA) is 99.6 Å². The van der Waals surface area contributed by atoms with E-state index in [9.17, 15) is 10.0 Å². The van der Waals surface area contributed by atoms with Crippen LogP contribution in [0.25, 0.3) is 11.1 Å². The first-order chi connectivity index (χ1) is 16.2. The van der Waals surface area contributed by atoms with Crippen LogP contribution in [0.4, 0.5) is 5.82 Å². The zero-order valence-electron chi connectivity index (χ0n) is 18.1. The zero-order chi connectivity index (χ0) is 22.9. The Morgan fingerprint density at radius 3 is 2.58 bits per heavy atom. The number of nitrogens with one attached hydrogen (secondary N) is 2. The maximum atomic E-state index is 12.3. The third-order valence-electron chi connectivity index (χ3n) is 5.29. The average molecular weight is 444 g/mol. The monoisotopic (exact) mass is 443 g/mol. The van der Waals surface area contributed by atoms with Gasteiger partial charge in [-0.15, -0.1) is 0 Å². The Morgan fingerprint density at radius 1 is 1.06 bits per heavy atom. The highest BCUT2D eigenvalue weighted by atomic mass is 16.5. The number of amides is 1. The number of rotatable bonds is 6. The highest BCUT2D eigenvalue weighted by Gasteiger charge is 2.15. The molecule has 2 aromatic heterocycles. The molecule has 1 fully saturated rings. The van der Waals surface area contributed by atoms with Gasteiger partial charge in [0, 0.05) is 61.5 Å². The lowest BCUT2D eigenvalue weighted by molar-refractivity contribution is 0.0398. The number of benzene rings is 1. The first-order valence-corrected chi connectivity index (χ1v) is 10.7. The summed E-state index contributed by atoms with van der Waals surface area (Å²) >= 11 is 0. The molecule has 1 aromatic carbocycles. The fraction of sp³-hybridized carbons (Fsp3) is 0.240. The van der Waals surface area contributed by atoms with Crippen molar-refractivity contribution < 1.29 is 14.7 Å². The van der Waals surface area contributed by atoms with E-state index in [1.54, 1.807) is 30.1 Å². The number of hydrogen-bond acceptors (Lipinski definition) is 7. The van der Waals surface area contributed by atoms with Crippen molar-refractivity contribution in [3.63, 3.8) is 0 Å². The van der Waals surface area contributed by atoms with E-state index >= 15 is 0 Å². The molecule has 1 aliphatic heterocycles. The summed E-state index contributed by atoms with van der Waals surface area (Å²) in [4.78, 5) is 23.1. The molecule has 0 aliphatic carbocycles. The summed E-state index contributed by atoms with van der Waals surface area (Å²) in [5.41, 5.74) is 5.36. The summed E-state index contributed by atoms with van der Waals surface area (Å²) in [5.74, 6) is 6.01. The molecule has 1 saturated heterocycles. The van der Waals surface area contributed by atoms with E-state index in [4.69, 9.17) is 4.74 Å². The molecule has 8 heteroatoms. The summed E-state index contributed by atoms with van der Waals surface area (Å²) in [6.07, 6.45) is 5.14. The third kappa shape index (κ3) is 6.14. The highest BCUT2D eigenvalue weighted by molar-refractivity contribution is 5.99. The quantitative estimate of drug-likeness (QED) is 0.306. The summed E-state index contributed by atoms with van der Waals surface area (Å²) in [5, 5.41) is 12.4. The Balaban J connectivity index is 1.47. The minimum atomic E-state index is -0.614. The molecule has 4 rings (SSSR count). The summed E-state index contributed by atoms with van der Waals surface area (Å²) in [7, 11) is 0. The van der Waals surface area contributed by atoms with Gasteiger partial charge in [0.1, 0.15) is 5.82 Å².